The molecule has 1 aliphatic heterocycles. The van der Waals surface area contributed by atoms with E-state index >= 15 is 0 Å². The maximum Gasteiger partial charge on any atom is 0.256 e. The van der Waals surface area contributed by atoms with Gasteiger partial charge in [0.1, 0.15) is 0 Å². The fourth-order valence-electron chi connectivity index (χ4n) is 2.37. The standard InChI is InChI=1S/C14H13N3O/c1-8-3-9(2)13-11(5-10-6-15-7-16-10)14(18)17-12(13)4-8/h3-7H,1-2H3,(H,15,16)(H,17,18). The van der Waals surface area contributed by atoms with Gasteiger partial charge in [0.25, 0.3) is 5.91 Å². The topological polar surface area (TPSA) is 57.8 Å². The van der Waals surface area contributed by atoms with E-state index in [4.69, 9.17) is 0 Å². The molecule has 1 aliphatic rings. The lowest BCUT2D eigenvalue weighted by Crippen LogP contribution is -2.03. The van der Waals surface area contributed by atoms with Crippen molar-refractivity contribution in [2.45, 2.75) is 13.8 Å². The molecule has 0 unspecified atom stereocenters. The van der Waals surface area contributed by atoms with E-state index in [2.05, 4.69) is 21.4 Å². The molecule has 4 nitrogen and oxygen atoms in total. The van der Waals surface area contributed by atoms with Gasteiger partial charge < -0.3 is 10.3 Å². The number of hydrogen-bond acceptors (Lipinski definition) is 2. The molecule has 0 saturated carbocycles. The monoisotopic (exact) mass is 239 g/mol. The lowest BCUT2D eigenvalue weighted by Gasteiger charge is -2.05. The molecule has 0 atom stereocenters. The molecule has 4 heteroatoms. The van der Waals surface area contributed by atoms with Gasteiger partial charge in [0, 0.05) is 11.3 Å². The summed E-state index contributed by atoms with van der Waals surface area (Å²) in [7, 11) is 0. The van der Waals surface area contributed by atoms with E-state index in [1.807, 2.05) is 26.0 Å². The number of aromatic nitrogens is 2. The Bertz CT molecular complexity index is 654. The maximum atomic E-state index is 12.0. The number of nitrogens with one attached hydrogen (secondary N) is 2. The van der Waals surface area contributed by atoms with Gasteiger partial charge >= 0.3 is 0 Å². The molecule has 2 N–H and O–H groups in total. The van der Waals surface area contributed by atoms with Gasteiger partial charge in [0.05, 0.1) is 23.8 Å². The smallest absolute Gasteiger partial charge is 0.256 e. The molecule has 1 aromatic heterocycles. The molecular weight excluding hydrogens is 226 g/mol. The number of carbonyl (C=O) groups excluding carboxylic acids is 1. The summed E-state index contributed by atoms with van der Waals surface area (Å²) in [5.74, 6) is -0.0618. The summed E-state index contributed by atoms with van der Waals surface area (Å²) in [6, 6.07) is 4.08. The van der Waals surface area contributed by atoms with Crippen molar-refractivity contribution in [3.05, 3.63) is 47.0 Å². The zero-order chi connectivity index (χ0) is 12.7. The van der Waals surface area contributed by atoms with Crippen LogP contribution in [0.1, 0.15) is 22.4 Å². The number of nitrogens with zero attached hydrogens (tertiary/aromatic N) is 1. The van der Waals surface area contributed by atoms with Crippen LogP contribution in [-0.2, 0) is 4.79 Å². The number of aryl methyl sites for hydroxylation is 2. The highest BCUT2D eigenvalue weighted by atomic mass is 16.2. The number of rotatable bonds is 1. The van der Waals surface area contributed by atoms with Gasteiger partial charge in [-0.05, 0) is 37.1 Å². The van der Waals surface area contributed by atoms with E-state index in [0.29, 0.717) is 5.57 Å². The molecule has 0 fully saturated rings. The maximum absolute atomic E-state index is 12.0. The van der Waals surface area contributed by atoms with Crippen molar-refractivity contribution in [1.29, 1.82) is 0 Å². The van der Waals surface area contributed by atoms with Gasteiger partial charge in [-0.3, -0.25) is 4.79 Å². The summed E-state index contributed by atoms with van der Waals surface area (Å²) in [6.45, 7) is 4.04. The lowest BCUT2D eigenvalue weighted by molar-refractivity contribution is -0.110. The number of H-pyrrole nitrogens is 1. The van der Waals surface area contributed by atoms with Crippen molar-refractivity contribution in [2.75, 3.05) is 5.32 Å². The molecule has 2 aromatic rings. The second-order valence-electron chi connectivity index (χ2n) is 4.52. The first kappa shape index (κ1) is 10.8. The van der Waals surface area contributed by atoms with Crippen molar-refractivity contribution in [3.8, 4) is 0 Å². The number of carbonyl (C=O) groups is 1. The van der Waals surface area contributed by atoms with Gasteiger partial charge in [0.15, 0.2) is 0 Å². The number of imidazole rings is 1. The Morgan fingerprint density at radius 1 is 1.28 bits per heavy atom. The number of benzene rings is 1. The first-order valence-electron chi connectivity index (χ1n) is 5.78. The van der Waals surface area contributed by atoms with Crippen LogP contribution in [0.2, 0.25) is 0 Å². The average Bonchev–Trinajstić information content (AvgIpc) is 2.88. The largest absolute Gasteiger partial charge is 0.345 e. The van der Waals surface area contributed by atoms with E-state index in [1.54, 1.807) is 12.5 Å². The highest BCUT2D eigenvalue weighted by Crippen LogP contribution is 2.36. The highest BCUT2D eigenvalue weighted by Gasteiger charge is 2.26. The second kappa shape index (κ2) is 3.84. The highest BCUT2D eigenvalue weighted by molar-refractivity contribution is 6.35. The molecule has 0 aliphatic carbocycles. The lowest BCUT2D eigenvalue weighted by atomic mass is 9.99. The van der Waals surface area contributed by atoms with Crippen LogP contribution in [0.15, 0.2) is 24.7 Å². The minimum Gasteiger partial charge on any atom is -0.345 e. The van der Waals surface area contributed by atoms with Crippen LogP contribution in [0.5, 0.6) is 0 Å². The quantitative estimate of drug-likeness (QED) is 0.751. The zero-order valence-corrected chi connectivity index (χ0v) is 10.2. The summed E-state index contributed by atoms with van der Waals surface area (Å²) in [6.07, 6.45) is 5.13. The van der Waals surface area contributed by atoms with Crippen LogP contribution < -0.4 is 5.32 Å². The van der Waals surface area contributed by atoms with Crippen molar-refractivity contribution >= 4 is 23.2 Å². The molecule has 1 aromatic carbocycles. The fraction of sp³-hybridized carbons (Fsp3) is 0.143. The van der Waals surface area contributed by atoms with Crippen LogP contribution >= 0.6 is 0 Å². The summed E-state index contributed by atoms with van der Waals surface area (Å²) < 4.78 is 0. The normalized spacial score (nSPS) is 15.9. The van der Waals surface area contributed by atoms with E-state index in [0.717, 1.165) is 28.1 Å². The van der Waals surface area contributed by atoms with Gasteiger partial charge in [-0.2, -0.15) is 0 Å². The summed E-state index contributed by atoms with van der Waals surface area (Å²) in [5.41, 5.74) is 5.65. The van der Waals surface area contributed by atoms with Crippen molar-refractivity contribution in [3.63, 3.8) is 0 Å². The zero-order valence-electron chi connectivity index (χ0n) is 10.2. The molecule has 90 valence electrons. The van der Waals surface area contributed by atoms with Gasteiger partial charge in [0.2, 0.25) is 0 Å². The molecule has 3 rings (SSSR count). The predicted molar refractivity (Wildman–Crippen MR) is 71.0 cm³/mol. The molecule has 0 radical (unpaired) electrons. The molecule has 0 saturated heterocycles. The van der Waals surface area contributed by atoms with Crippen molar-refractivity contribution < 1.29 is 4.79 Å². The molecular formula is C14H13N3O. The van der Waals surface area contributed by atoms with Crippen LogP contribution in [0, 0.1) is 13.8 Å². The first-order valence-corrected chi connectivity index (χ1v) is 5.78. The Balaban J connectivity index is 2.18. The fourth-order valence-corrected chi connectivity index (χ4v) is 2.37. The number of aromatic amines is 1. The second-order valence-corrected chi connectivity index (χ2v) is 4.52. The number of anilines is 1. The number of amides is 1. The number of hydrogen-bond donors (Lipinski definition) is 2. The molecule has 0 bridgehead atoms. The summed E-state index contributed by atoms with van der Waals surface area (Å²) >= 11 is 0. The average molecular weight is 239 g/mol. The van der Waals surface area contributed by atoms with Gasteiger partial charge in [-0.1, -0.05) is 6.07 Å². The molecule has 2 heterocycles. The Kier molecular flexibility index (Phi) is 2.30. The predicted octanol–water partition coefficient (Wildman–Crippen LogP) is 2.52. The molecule has 0 spiro atoms. The Morgan fingerprint density at radius 2 is 2.11 bits per heavy atom. The van der Waals surface area contributed by atoms with Crippen molar-refractivity contribution in [1.82, 2.24) is 9.97 Å². The molecule has 18 heavy (non-hydrogen) atoms. The Hall–Kier alpha value is -2.36. The van der Waals surface area contributed by atoms with E-state index in [1.165, 1.54) is 0 Å². The summed E-state index contributed by atoms with van der Waals surface area (Å²) in [4.78, 5) is 18.9. The van der Waals surface area contributed by atoms with Crippen LogP contribution in [-0.4, -0.2) is 15.9 Å². The minimum atomic E-state index is -0.0618. The summed E-state index contributed by atoms with van der Waals surface area (Å²) in [5, 5.41) is 2.90. The van der Waals surface area contributed by atoms with E-state index < -0.39 is 0 Å². The molecule has 1 amide bonds. The Morgan fingerprint density at radius 3 is 2.83 bits per heavy atom. The number of fused-ring (bicyclic) bond motifs is 1. The Labute approximate surface area is 105 Å². The van der Waals surface area contributed by atoms with Crippen LogP contribution in [0.25, 0.3) is 11.6 Å². The minimum absolute atomic E-state index is 0.0618. The van der Waals surface area contributed by atoms with Gasteiger partial charge in [-0.15, -0.1) is 0 Å². The van der Waals surface area contributed by atoms with Crippen LogP contribution in [0.3, 0.4) is 0 Å². The van der Waals surface area contributed by atoms with Crippen molar-refractivity contribution in [2.24, 2.45) is 0 Å². The first-order chi connectivity index (χ1) is 8.65. The van der Waals surface area contributed by atoms with Crippen LogP contribution in [0.4, 0.5) is 5.69 Å². The third-order valence-electron chi connectivity index (χ3n) is 3.06. The van der Waals surface area contributed by atoms with E-state index in [9.17, 15) is 4.79 Å². The third kappa shape index (κ3) is 1.62. The SMILES string of the molecule is Cc1cc(C)c2c(c1)NC(=O)C2=Cc1cnc[nH]1. The van der Waals surface area contributed by atoms with Gasteiger partial charge in [-0.25, -0.2) is 4.98 Å². The van der Waals surface area contributed by atoms with E-state index in [-0.39, 0.29) is 5.91 Å². The third-order valence-corrected chi connectivity index (χ3v) is 3.06.